The molecular weight excluding hydrogens is 609 g/mol. The molecule has 0 atom stereocenters. The lowest BCUT2D eigenvalue weighted by Gasteiger charge is -2.17. The first-order valence-corrected chi connectivity index (χ1v) is 16.8. The van der Waals surface area contributed by atoms with Gasteiger partial charge in [0.05, 0.1) is 49.1 Å². The molecule has 0 saturated carbocycles. The van der Waals surface area contributed by atoms with Gasteiger partial charge in [-0.25, -0.2) is 0 Å². The van der Waals surface area contributed by atoms with Crippen molar-refractivity contribution in [1.82, 2.24) is 18.9 Å². The molecule has 5 aromatic heterocycles. The average molecular weight is 633 g/mol. The van der Waals surface area contributed by atoms with Crippen molar-refractivity contribution < 1.29 is 4.42 Å². The first-order valence-electron chi connectivity index (χ1n) is 16.0. The summed E-state index contributed by atoms with van der Waals surface area (Å²) in [7, 11) is 0. The van der Waals surface area contributed by atoms with E-state index in [0.29, 0.717) is 5.84 Å². The Bertz CT molecular complexity index is 3090. The molecule has 224 valence electrons. The van der Waals surface area contributed by atoms with Crippen LogP contribution >= 0.6 is 11.3 Å². The van der Waals surface area contributed by atoms with E-state index in [1.54, 1.807) is 0 Å². The first-order chi connectivity index (χ1) is 23.8. The van der Waals surface area contributed by atoms with Crippen LogP contribution in [0.2, 0.25) is 0 Å². The summed E-state index contributed by atoms with van der Waals surface area (Å²) in [6.45, 7) is 0. The van der Waals surface area contributed by atoms with Crippen LogP contribution < -0.4 is 0 Å². The number of benzene rings is 6. The molecule has 0 aliphatic rings. The van der Waals surface area contributed by atoms with Crippen molar-refractivity contribution in [2.24, 2.45) is 0 Å². The van der Waals surface area contributed by atoms with Gasteiger partial charge in [0, 0.05) is 38.2 Å². The van der Waals surface area contributed by atoms with Gasteiger partial charge in [-0.2, -0.15) is 4.98 Å². The maximum Gasteiger partial charge on any atom is 0.307 e. The normalized spacial score (nSPS) is 12.2. The topological polar surface area (TPSA) is 48.3 Å². The SMILES string of the molecule is c1ccc(-c2nccc3c2sc2ccccc23)c(-c2ccccc2-n2c3ccccc3c3c4oc5nc6ccccc6n5c4ccc32)c1. The van der Waals surface area contributed by atoms with E-state index in [-0.39, 0.29) is 0 Å². The van der Waals surface area contributed by atoms with Gasteiger partial charge in [-0.05, 0) is 54.1 Å². The first kappa shape index (κ1) is 25.9. The van der Waals surface area contributed by atoms with Crippen LogP contribution in [-0.2, 0) is 0 Å². The molecule has 0 radical (unpaired) electrons. The van der Waals surface area contributed by atoms with E-state index in [1.807, 2.05) is 35.7 Å². The van der Waals surface area contributed by atoms with Gasteiger partial charge >= 0.3 is 5.84 Å². The minimum Gasteiger partial charge on any atom is -0.422 e. The fourth-order valence-electron chi connectivity index (χ4n) is 7.62. The molecule has 0 aliphatic heterocycles. The van der Waals surface area contributed by atoms with Crippen LogP contribution in [0.5, 0.6) is 0 Å². The number of rotatable bonds is 3. The number of para-hydroxylation sites is 4. The van der Waals surface area contributed by atoms with Gasteiger partial charge in [-0.3, -0.25) is 9.38 Å². The Hall–Kier alpha value is -6.24. The molecule has 6 heteroatoms. The van der Waals surface area contributed by atoms with E-state index in [4.69, 9.17) is 14.4 Å². The minimum atomic E-state index is 0.604. The highest BCUT2D eigenvalue weighted by Crippen LogP contribution is 2.44. The van der Waals surface area contributed by atoms with E-state index >= 15 is 0 Å². The molecule has 0 N–H and O–H groups in total. The number of fused-ring (bicyclic) bond motifs is 12. The molecule has 5 nitrogen and oxygen atoms in total. The van der Waals surface area contributed by atoms with Crippen molar-refractivity contribution in [3.63, 3.8) is 0 Å². The summed E-state index contributed by atoms with van der Waals surface area (Å²) >= 11 is 1.81. The molecule has 0 fully saturated rings. The predicted molar refractivity (Wildman–Crippen MR) is 198 cm³/mol. The standard InChI is InChI=1S/C42H24N4OS/c1-2-14-28(39-41-29(23-24-43-39)27-13-5-10-20-37(27)48-41)25(11-1)26-12-3-7-17-32(26)45-33-18-8-4-15-30(33)38-35(45)21-22-36-40(38)47-42-44-31-16-6-9-19-34(31)46(36)42/h1-24H. The zero-order valence-corrected chi connectivity index (χ0v) is 26.3. The Morgan fingerprint density at radius 2 is 1.25 bits per heavy atom. The number of pyridine rings is 1. The Balaban J connectivity index is 1.20. The van der Waals surface area contributed by atoms with E-state index in [9.17, 15) is 0 Å². The van der Waals surface area contributed by atoms with Gasteiger partial charge in [0.1, 0.15) is 0 Å². The van der Waals surface area contributed by atoms with Crippen LogP contribution in [-0.4, -0.2) is 18.9 Å². The Morgan fingerprint density at radius 3 is 2.17 bits per heavy atom. The lowest BCUT2D eigenvalue weighted by Crippen LogP contribution is -1.98. The van der Waals surface area contributed by atoms with Crippen LogP contribution in [0.1, 0.15) is 0 Å². The third-order valence-corrected chi connectivity index (χ3v) is 10.8. The molecule has 0 spiro atoms. The molecule has 0 aliphatic carbocycles. The monoisotopic (exact) mass is 632 g/mol. The second-order valence-electron chi connectivity index (χ2n) is 12.2. The number of hydrogen-bond acceptors (Lipinski definition) is 4. The Kier molecular flexibility index (Phi) is 5.20. The molecule has 6 aromatic carbocycles. The number of imidazole rings is 1. The zero-order chi connectivity index (χ0) is 31.3. The largest absolute Gasteiger partial charge is 0.422 e. The summed E-state index contributed by atoms with van der Waals surface area (Å²) in [5.74, 6) is 0.604. The third-order valence-electron chi connectivity index (χ3n) is 9.65. The summed E-state index contributed by atoms with van der Waals surface area (Å²) < 4.78 is 13.6. The van der Waals surface area contributed by atoms with Crippen LogP contribution in [0, 0.1) is 0 Å². The molecule has 0 unspecified atom stereocenters. The van der Waals surface area contributed by atoms with Gasteiger partial charge < -0.3 is 8.98 Å². The van der Waals surface area contributed by atoms with Crippen molar-refractivity contribution in [3.8, 4) is 28.1 Å². The zero-order valence-electron chi connectivity index (χ0n) is 25.5. The Morgan fingerprint density at radius 1 is 0.542 bits per heavy atom. The van der Waals surface area contributed by atoms with Gasteiger partial charge in [0.25, 0.3) is 0 Å². The summed E-state index contributed by atoms with van der Waals surface area (Å²) in [6.07, 6.45) is 1.95. The number of nitrogens with zero attached hydrogens (tertiary/aromatic N) is 4. The molecule has 5 heterocycles. The quantitative estimate of drug-likeness (QED) is 0.195. The van der Waals surface area contributed by atoms with Crippen LogP contribution in [0.4, 0.5) is 0 Å². The highest BCUT2D eigenvalue weighted by molar-refractivity contribution is 7.26. The summed E-state index contributed by atoms with van der Waals surface area (Å²) in [4.78, 5) is 9.82. The third kappa shape index (κ3) is 3.44. The van der Waals surface area contributed by atoms with Crippen LogP contribution in [0.25, 0.3) is 98.0 Å². The molecule has 48 heavy (non-hydrogen) atoms. The number of oxazole rings is 1. The number of thiophene rings is 1. The smallest absolute Gasteiger partial charge is 0.307 e. The van der Waals surface area contributed by atoms with Crippen molar-refractivity contribution >= 4 is 81.3 Å². The number of hydrogen-bond donors (Lipinski definition) is 0. The molecule has 0 bridgehead atoms. The number of aromatic nitrogens is 4. The van der Waals surface area contributed by atoms with Crippen LogP contribution in [0.15, 0.2) is 150 Å². The average Bonchev–Trinajstić information content (AvgIpc) is 3.89. The highest BCUT2D eigenvalue weighted by Gasteiger charge is 2.23. The predicted octanol–water partition coefficient (Wildman–Crippen LogP) is 11.4. The van der Waals surface area contributed by atoms with Gasteiger partial charge in [-0.15, -0.1) is 11.3 Å². The van der Waals surface area contributed by atoms with Crippen molar-refractivity contribution in [3.05, 3.63) is 146 Å². The maximum atomic E-state index is 6.60. The molecule has 11 aromatic rings. The van der Waals surface area contributed by atoms with E-state index in [0.717, 1.165) is 72.0 Å². The summed E-state index contributed by atoms with van der Waals surface area (Å²) in [5.41, 5.74) is 11.5. The second-order valence-corrected chi connectivity index (χ2v) is 13.2. The lowest BCUT2D eigenvalue weighted by molar-refractivity contribution is 0.646. The summed E-state index contributed by atoms with van der Waals surface area (Å²) in [5, 5.41) is 4.73. The highest BCUT2D eigenvalue weighted by atomic mass is 32.1. The molecule has 0 amide bonds. The van der Waals surface area contributed by atoms with E-state index in [1.165, 1.54) is 20.2 Å². The van der Waals surface area contributed by atoms with Crippen molar-refractivity contribution in [2.75, 3.05) is 0 Å². The van der Waals surface area contributed by atoms with Crippen molar-refractivity contribution in [2.45, 2.75) is 0 Å². The summed E-state index contributed by atoms with van der Waals surface area (Å²) in [6, 6.07) is 49.3. The van der Waals surface area contributed by atoms with Gasteiger partial charge in [0.15, 0.2) is 5.58 Å². The Labute approximate surface area is 277 Å². The van der Waals surface area contributed by atoms with E-state index in [2.05, 4.69) is 130 Å². The fraction of sp³-hybridized carbons (Fsp3) is 0. The van der Waals surface area contributed by atoms with E-state index < -0.39 is 0 Å². The molecule has 11 rings (SSSR count). The van der Waals surface area contributed by atoms with Crippen molar-refractivity contribution in [1.29, 1.82) is 0 Å². The second kappa shape index (κ2) is 9.64. The maximum absolute atomic E-state index is 6.60. The fourth-order valence-corrected chi connectivity index (χ4v) is 8.82. The van der Waals surface area contributed by atoms with Crippen LogP contribution in [0.3, 0.4) is 0 Å². The molecule has 0 saturated heterocycles. The van der Waals surface area contributed by atoms with Gasteiger partial charge in [0.2, 0.25) is 0 Å². The lowest BCUT2D eigenvalue weighted by atomic mass is 9.95. The van der Waals surface area contributed by atoms with Gasteiger partial charge in [-0.1, -0.05) is 91.0 Å². The molecular formula is C42H24N4OS. The minimum absolute atomic E-state index is 0.604.